The minimum atomic E-state index is 0.323. The van der Waals surface area contributed by atoms with Crippen LogP contribution >= 0.6 is 0 Å². The van der Waals surface area contributed by atoms with Crippen molar-refractivity contribution in [3.63, 3.8) is 0 Å². The van der Waals surface area contributed by atoms with E-state index in [-0.39, 0.29) is 0 Å². The van der Waals surface area contributed by atoms with E-state index in [0.29, 0.717) is 12.5 Å². The first kappa shape index (κ1) is 6.05. The van der Waals surface area contributed by atoms with Crippen LogP contribution in [0.4, 0.5) is 0 Å². The van der Waals surface area contributed by atoms with Crippen LogP contribution in [0.1, 0.15) is 12.8 Å². The SMILES string of the molecule is OC[C@@H]1CCC[N]C1. The van der Waals surface area contributed by atoms with Gasteiger partial charge in [-0.2, -0.15) is 0 Å². The maximum atomic E-state index is 8.63. The Morgan fingerprint density at radius 2 is 2.50 bits per heavy atom. The highest BCUT2D eigenvalue weighted by atomic mass is 16.3. The zero-order valence-electron chi connectivity index (χ0n) is 5.01. The number of aliphatic hydroxyl groups excluding tert-OH is 1. The Morgan fingerprint density at radius 1 is 1.62 bits per heavy atom. The second-order valence-electron chi connectivity index (χ2n) is 2.32. The Morgan fingerprint density at radius 3 is 2.88 bits per heavy atom. The van der Waals surface area contributed by atoms with Gasteiger partial charge in [0, 0.05) is 19.7 Å². The molecule has 0 aromatic carbocycles. The molecular formula is C6H12NO. The maximum Gasteiger partial charge on any atom is 0.0472 e. The van der Waals surface area contributed by atoms with Crippen LogP contribution in [-0.2, 0) is 0 Å². The summed E-state index contributed by atoms with van der Waals surface area (Å²) in [5.74, 6) is 0.476. The fraction of sp³-hybridized carbons (Fsp3) is 1.00. The van der Waals surface area contributed by atoms with Gasteiger partial charge in [-0.15, -0.1) is 0 Å². The third-order valence-electron chi connectivity index (χ3n) is 1.57. The van der Waals surface area contributed by atoms with E-state index in [9.17, 15) is 0 Å². The first-order valence-corrected chi connectivity index (χ1v) is 3.17. The van der Waals surface area contributed by atoms with Crippen molar-refractivity contribution in [3.05, 3.63) is 0 Å². The maximum absolute atomic E-state index is 8.63. The first-order chi connectivity index (χ1) is 3.93. The van der Waals surface area contributed by atoms with Gasteiger partial charge in [-0.3, -0.25) is 0 Å². The molecule has 0 bridgehead atoms. The van der Waals surface area contributed by atoms with E-state index in [1.54, 1.807) is 0 Å². The summed E-state index contributed by atoms with van der Waals surface area (Å²) in [4.78, 5) is 0. The lowest BCUT2D eigenvalue weighted by Gasteiger charge is -2.18. The van der Waals surface area contributed by atoms with Crippen LogP contribution in [0, 0.1) is 5.92 Å². The second-order valence-corrected chi connectivity index (χ2v) is 2.32. The van der Waals surface area contributed by atoms with Gasteiger partial charge in [0.15, 0.2) is 0 Å². The van der Waals surface area contributed by atoms with Crippen LogP contribution in [0.15, 0.2) is 0 Å². The van der Waals surface area contributed by atoms with Crippen molar-refractivity contribution in [2.45, 2.75) is 12.8 Å². The Bertz CT molecular complexity index is 59.5. The smallest absolute Gasteiger partial charge is 0.0472 e. The Hall–Kier alpha value is -0.0800. The normalized spacial score (nSPS) is 30.4. The van der Waals surface area contributed by atoms with Gasteiger partial charge in [0.05, 0.1) is 0 Å². The molecule has 1 atom stereocenters. The molecule has 1 saturated heterocycles. The molecule has 1 N–H and O–H groups in total. The van der Waals surface area contributed by atoms with E-state index in [1.165, 1.54) is 12.8 Å². The van der Waals surface area contributed by atoms with Crippen LogP contribution in [0.5, 0.6) is 0 Å². The molecule has 1 radical (unpaired) electrons. The molecule has 0 aromatic rings. The highest BCUT2D eigenvalue weighted by Gasteiger charge is 2.11. The third kappa shape index (κ3) is 1.46. The topological polar surface area (TPSA) is 34.3 Å². The summed E-state index contributed by atoms with van der Waals surface area (Å²) in [5, 5.41) is 12.8. The summed E-state index contributed by atoms with van der Waals surface area (Å²) < 4.78 is 0. The second kappa shape index (κ2) is 3.05. The minimum absolute atomic E-state index is 0.323. The van der Waals surface area contributed by atoms with Crippen LogP contribution in [-0.4, -0.2) is 24.8 Å². The minimum Gasteiger partial charge on any atom is -0.396 e. The highest BCUT2D eigenvalue weighted by molar-refractivity contribution is 4.66. The molecule has 0 amide bonds. The molecule has 47 valence electrons. The number of nitrogens with zero attached hydrogens (tertiary/aromatic N) is 1. The fourth-order valence-corrected chi connectivity index (χ4v) is 1.01. The van der Waals surface area contributed by atoms with Crippen molar-refractivity contribution >= 4 is 0 Å². The number of hydrogen-bond donors (Lipinski definition) is 1. The van der Waals surface area contributed by atoms with E-state index >= 15 is 0 Å². The van der Waals surface area contributed by atoms with Gasteiger partial charge in [-0.05, 0) is 18.8 Å². The Balaban J connectivity index is 2.13. The van der Waals surface area contributed by atoms with Gasteiger partial charge in [0.2, 0.25) is 0 Å². The summed E-state index contributed by atoms with van der Waals surface area (Å²) in [6.45, 7) is 2.22. The van der Waals surface area contributed by atoms with E-state index in [1.807, 2.05) is 0 Å². The van der Waals surface area contributed by atoms with E-state index in [0.717, 1.165) is 13.1 Å². The first-order valence-electron chi connectivity index (χ1n) is 3.17. The van der Waals surface area contributed by atoms with Crippen molar-refractivity contribution in [1.82, 2.24) is 5.32 Å². The molecular weight excluding hydrogens is 102 g/mol. The predicted molar refractivity (Wildman–Crippen MR) is 31.7 cm³/mol. The summed E-state index contributed by atoms with van der Waals surface area (Å²) in [7, 11) is 0. The lowest BCUT2D eigenvalue weighted by atomic mass is 10.0. The van der Waals surface area contributed by atoms with Crippen molar-refractivity contribution in [3.8, 4) is 0 Å². The largest absolute Gasteiger partial charge is 0.396 e. The van der Waals surface area contributed by atoms with Gasteiger partial charge in [-0.1, -0.05) is 0 Å². The third-order valence-corrected chi connectivity index (χ3v) is 1.57. The zero-order valence-corrected chi connectivity index (χ0v) is 5.01. The number of rotatable bonds is 1. The van der Waals surface area contributed by atoms with Crippen molar-refractivity contribution < 1.29 is 5.11 Å². The molecule has 1 rings (SSSR count). The summed E-state index contributed by atoms with van der Waals surface area (Å²) >= 11 is 0. The summed E-state index contributed by atoms with van der Waals surface area (Å²) in [5.41, 5.74) is 0. The molecule has 2 heteroatoms. The molecule has 1 aliphatic rings. The van der Waals surface area contributed by atoms with Crippen LogP contribution in [0.25, 0.3) is 0 Å². The van der Waals surface area contributed by atoms with Crippen LogP contribution in [0.3, 0.4) is 0 Å². The standard InChI is InChI=1S/C6H12NO/c8-5-6-2-1-3-7-4-6/h6,8H,1-5H2/t6-/m1/s1. The lowest BCUT2D eigenvalue weighted by molar-refractivity contribution is 0.198. The van der Waals surface area contributed by atoms with Gasteiger partial charge in [-0.25, -0.2) is 5.32 Å². The average molecular weight is 114 g/mol. The monoisotopic (exact) mass is 114 g/mol. The quantitative estimate of drug-likeness (QED) is 0.511. The highest BCUT2D eigenvalue weighted by Crippen LogP contribution is 2.08. The molecule has 0 aliphatic carbocycles. The molecule has 1 aliphatic heterocycles. The number of piperidine rings is 1. The molecule has 0 unspecified atom stereocenters. The lowest BCUT2D eigenvalue weighted by Crippen LogP contribution is -2.26. The fourth-order valence-electron chi connectivity index (χ4n) is 1.01. The van der Waals surface area contributed by atoms with Crippen molar-refractivity contribution in [2.75, 3.05) is 19.7 Å². The van der Waals surface area contributed by atoms with E-state index in [4.69, 9.17) is 5.11 Å². The number of aliphatic hydroxyl groups is 1. The Kier molecular flexibility index (Phi) is 2.30. The zero-order chi connectivity index (χ0) is 5.82. The molecule has 1 fully saturated rings. The van der Waals surface area contributed by atoms with Crippen LogP contribution in [0.2, 0.25) is 0 Å². The molecule has 0 aromatic heterocycles. The summed E-state index contributed by atoms with van der Waals surface area (Å²) in [6, 6.07) is 0. The average Bonchev–Trinajstić information content (AvgIpc) is 1.90. The van der Waals surface area contributed by atoms with Crippen molar-refractivity contribution in [2.24, 2.45) is 5.92 Å². The Labute approximate surface area is 49.9 Å². The van der Waals surface area contributed by atoms with Gasteiger partial charge in [0.25, 0.3) is 0 Å². The van der Waals surface area contributed by atoms with Crippen molar-refractivity contribution in [1.29, 1.82) is 0 Å². The molecule has 0 saturated carbocycles. The van der Waals surface area contributed by atoms with E-state index < -0.39 is 0 Å². The predicted octanol–water partition coefficient (Wildman–Crippen LogP) is -0.00690. The number of hydrogen-bond acceptors (Lipinski definition) is 1. The van der Waals surface area contributed by atoms with E-state index in [2.05, 4.69) is 5.32 Å². The van der Waals surface area contributed by atoms with Gasteiger partial charge in [0.1, 0.15) is 0 Å². The van der Waals surface area contributed by atoms with Crippen LogP contribution < -0.4 is 5.32 Å². The molecule has 0 spiro atoms. The molecule has 8 heavy (non-hydrogen) atoms. The molecule has 2 nitrogen and oxygen atoms in total. The summed E-state index contributed by atoms with van der Waals surface area (Å²) in [6.07, 6.45) is 2.34. The van der Waals surface area contributed by atoms with Gasteiger partial charge >= 0.3 is 0 Å². The molecule has 1 heterocycles. The van der Waals surface area contributed by atoms with Gasteiger partial charge < -0.3 is 5.11 Å².